The second-order valence-corrected chi connectivity index (χ2v) is 6.89. The molecule has 1 aliphatic heterocycles. The minimum absolute atomic E-state index is 0.00982. The van der Waals surface area contributed by atoms with Gasteiger partial charge < -0.3 is 10.4 Å². The Morgan fingerprint density at radius 2 is 1.92 bits per heavy atom. The first-order chi connectivity index (χ1) is 11.6. The first-order valence-electron chi connectivity index (χ1n) is 8.77. The van der Waals surface area contributed by atoms with Crippen LogP contribution >= 0.6 is 0 Å². The molecule has 2 aromatic rings. The summed E-state index contributed by atoms with van der Waals surface area (Å²) in [5.41, 5.74) is 0.834. The van der Waals surface area contributed by atoms with Gasteiger partial charge in [-0.2, -0.15) is 0 Å². The molecule has 128 valence electrons. The van der Waals surface area contributed by atoms with Gasteiger partial charge in [-0.3, -0.25) is 9.69 Å². The van der Waals surface area contributed by atoms with E-state index >= 15 is 0 Å². The topological polar surface area (TPSA) is 52.6 Å². The highest BCUT2D eigenvalue weighted by atomic mass is 16.3. The SMILES string of the molecule is CC1CCN(CC(=O)NCC(O)c2ccc3ccccc3c2)CC1. The van der Waals surface area contributed by atoms with E-state index in [2.05, 4.69) is 17.1 Å². The normalized spacial score (nSPS) is 17.8. The maximum atomic E-state index is 12.1. The van der Waals surface area contributed by atoms with Crippen molar-refractivity contribution in [1.29, 1.82) is 0 Å². The highest BCUT2D eigenvalue weighted by Gasteiger charge is 2.18. The van der Waals surface area contributed by atoms with Crippen molar-refractivity contribution in [3.63, 3.8) is 0 Å². The molecule has 0 saturated carbocycles. The second-order valence-electron chi connectivity index (χ2n) is 6.89. The number of carbonyl (C=O) groups excluding carboxylic acids is 1. The van der Waals surface area contributed by atoms with E-state index in [1.165, 1.54) is 0 Å². The molecule has 0 bridgehead atoms. The molecule has 1 fully saturated rings. The molecule has 3 rings (SSSR count). The lowest BCUT2D eigenvalue weighted by Gasteiger charge is -2.29. The molecule has 2 aromatic carbocycles. The Labute approximate surface area is 143 Å². The maximum Gasteiger partial charge on any atom is 0.234 e. The summed E-state index contributed by atoms with van der Waals surface area (Å²) in [6.45, 7) is 4.92. The Bertz CT molecular complexity index is 693. The Morgan fingerprint density at radius 3 is 2.67 bits per heavy atom. The summed E-state index contributed by atoms with van der Waals surface area (Å²) < 4.78 is 0. The average Bonchev–Trinajstić information content (AvgIpc) is 2.61. The van der Waals surface area contributed by atoms with Crippen molar-refractivity contribution in [2.24, 2.45) is 5.92 Å². The van der Waals surface area contributed by atoms with Crippen LogP contribution in [0.5, 0.6) is 0 Å². The third kappa shape index (κ3) is 4.34. The molecule has 1 unspecified atom stereocenters. The number of aliphatic hydroxyl groups excluding tert-OH is 1. The van der Waals surface area contributed by atoms with Gasteiger partial charge in [0.25, 0.3) is 0 Å². The number of nitrogens with zero attached hydrogens (tertiary/aromatic N) is 1. The lowest BCUT2D eigenvalue weighted by Crippen LogP contribution is -2.42. The maximum absolute atomic E-state index is 12.1. The van der Waals surface area contributed by atoms with Crippen molar-refractivity contribution in [2.45, 2.75) is 25.9 Å². The molecule has 2 N–H and O–H groups in total. The van der Waals surface area contributed by atoms with Gasteiger partial charge in [0.2, 0.25) is 5.91 Å². The van der Waals surface area contributed by atoms with Crippen LogP contribution in [0.3, 0.4) is 0 Å². The predicted molar refractivity (Wildman–Crippen MR) is 96.8 cm³/mol. The van der Waals surface area contributed by atoms with Crippen LogP contribution in [0.1, 0.15) is 31.4 Å². The number of fused-ring (bicyclic) bond motifs is 1. The minimum atomic E-state index is -0.681. The number of aliphatic hydroxyl groups is 1. The number of rotatable bonds is 5. The highest BCUT2D eigenvalue weighted by Crippen LogP contribution is 2.20. The molecule has 0 aromatic heterocycles. The fourth-order valence-corrected chi connectivity index (χ4v) is 3.22. The van der Waals surface area contributed by atoms with Crippen molar-refractivity contribution >= 4 is 16.7 Å². The van der Waals surface area contributed by atoms with Crippen molar-refractivity contribution in [3.8, 4) is 0 Å². The number of hydrogen-bond donors (Lipinski definition) is 2. The molecule has 0 spiro atoms. The Balaban J connectivity index is 1.50. The van der Waals surface area contributed by atoms with E-state index in [0.29, 0.717) is 6.54 Å². The molecule has 4 nitrogen and oxygen atoms in total. The lowest BCUT2D eigenvalue weighted by molar-refractivity contribution is -0.123. The summed E-state index contributed by atoms with van der Waals surface area (Å²) in [4.78, 5) is 14.3. The molecule has 24 heavy (non-hydrogen) atoms. The van der Waals surface area contributed by atoms with Gasteiger partial charge in [0.1, 0.15) is 0 Å². The number of amides is 1. The standard InChI is InChI=1S/C20H26N2O2/c1-15-8-10-22(11-9-15)14-20(24)21-13-19(23)18-7-6-16-4-2-3-5-17(16)12-18/h2-7,12,15,19,23H,8-11,13-14H2,1H3,(H,21,24). The minimum Gasteiger partial charge on any atom is -0.387 e. The number of nitrogens with one attached hydrogen (secondary N) is 1. The number of benzene rings is 2. The molecule has 0 aliphatic carbocycles. The molecule has 1 aliphatic rings. The molecule has 1 amide bonds. The lowest BCUT2D eigenvalue weighted by atomic mass is 9.99. The van der Waals surface area contributed by atoms with E-state index < -0.39 is 6.10 Å². The van der Waals surface area contributed by atoms with Gasteiger partial charge in [0.05, 0.1) is 12.6 Å². The summed E-state index contributed by atoms with van der Waals surface area (Å²) in [5.74, 6) is 0.753. The van der Waals surface area contributed by atoms with Crippen LogP contribution in [0, 0.1) is 5.92 Å². The van der Waals surface area contributed by atoms with Crippen LogP contribution in [0.25, 0.3) is 10.8 Å². The van der Waals surface area contributed by atoms with E-state index in [-0.39, 0.29) is 12.5 Å². The van der Waals surface area contributed by atoms with Crippen LogP contribution in [0.2, 0.25) is 0 Å². The summed E-state index contributed by atoms with van der Waals surface area (Å²) in [7, 11) is 0. The van der Waals surface area contributed by atoms with Gasteiger partial charge in [-0.1, -0.05) is 43.3 Å². The van der Waals surface area contributed by atoms with Gasteiger partial charge in [0, 0.05) is 6.54 Å². The van der Waals surface area contributed by atoms with E-state index in [1.54, 1.807) is 0 Å². The van der Waals surface area contributed by atoms with Gasteiger partial charge in [-0.15, -0.1) is 0 Å². The van der Waals surface area contributed by atoms with Gasteiger partial charge >= 0.3 is 0 Å². The van der Waals surface area contributed by atoms with Crippen LogP contribution in [-0.4, -0.2) is 42.1 Å². The molecule has 1 atom stereocenters. The molecule has 1 saturated heterocycles. The first-order valence-corrected chi connectivity index (χ1v) is 8.77. The molecule has 1 heterocycles. The third-order valence-electron chi connectivity index (χ3n) is 4.89. The van der Waals surface area contributed by atoms with E-state index in [1.807, 2.05) is 42.5 Å². The van der Waals surface area contributed by atoms with Crippen molar-refractivity contribution in [2.75, 3.05) is 26.2 Å². The predicted octanol–water partition coefficient (Wildman–Crippen LogP) is 2.72. The third-order valence-corrected chi connectivity index (χ3v) is 4.89. The summed E-state index contributed by atoms with van der Waals surface area (Å²) >= 11 is 0. The zero-order valence-corrected chi connectivity index (χ0v) is 14.2. The first kappa shape index (κ1) is 16.9. The smallest absolute Gasteiger partial charge is 0.234 e. The van der Waals surface area contributed by atoms with E-state index in [0.717, 1.165) is 48.2 Å². The zero-order chi connectivity index (χ0) is 16.9. The number of carbonyl (C=O) groups is 1. The average molecular weight is 326 g/mol. The Hall–Kier alpha value is -1.91. The fraction of sp³-hybridized carbons (Fsp3) is 0.450. The van der Waals surface area contributed by atoms with Crippen molar-refractivity contribution < 1.29 is 9.90 Å². The quantitative estimate of drug-likeness (QED) is 0.888. The second kappa shape index (κ2) is 7.77. The van der Waals surface area contributed by atoms with Crippen LogP contribution < -0.4 is 5.32 Å². The van der Waals surface area contributed by atoms with Crippen molar-refractivity contribution in [3.05, 3.63) is 48.0 Å². The molecular weight excluding hydrogens is 300 g/mol. The largest absolute Gasteiger partial charge is 0.387 e. The van der Waals surface area contributed by atoms with Gasteiger partial charge in [-0.25, -0.2) is 0 Å². The van der Waals surface area contributed by atoms with Gasteiger partial charge in [-0.05, 0) is 54.3 Å². The molecule has 0 radical (unpaired) electrons. The fourth-order valence-electron chi connectivity index (χ4n) is 3.22. The highest BCUT2D eigenvalue weighted by molar-refractivity contribution is 5.83. The van der Waals surface area contributed by atoms with E-state index in [4.69, 9.17) is 0 Å². The van der Waals surface area contributed by atoms with Crippen LogP contribution in [-0.2, 0) is 4.79 Å². The number of hydrogen-bond acceptors (Lipinski definition) is 3. The monoisotopic (exact) mass is 326 g/mol. The summed E-state index contributed by atoms with van der Waals surface area (Å²) in [5, 5.41) is 15.4. The molecular formula is C20H26N2O2. The zero-order valence-electron chi connectivity index (χ0n) is 14.2. The molecule has 4 heteroatoms. The van der Waals surface area contributed by atoms with Crippen LogP contribution in [0.15, 0.2) is 42.5 Å². The van der Waals surface area contributed by atoms with Gasteiger partial charge in [0.15, 0.2) is 0 Å². The Kier molecular flexibility index (Phi) is 5.48. The van der Waals surface area contributed by atoms with Crippen LogP contribution in [0.4, 0.5) is 0 Å². The van der Waals surface area contributed by atoms with E-state index in [9.17, 15) is 9.90 Å². The number of piperidine rings is 1. The summed E-state index contributed by atoms with van der Waals surface area (Å²) in [6, 6.07) is 14.0. The number of likely N-dealkylation sites (tertiary alicyclic amines) is 1. The Morgan fingerprint density at radius 1 is 1.21 bits per heavy atom. The van der Waals surface area contributed by atoms with Crippen molar-refractivity contribution in [1.82, 2.24) is 10.2 Å². The summed E-state index contributed by atoms with van der Waals surface area (Å²) in [6.07, 6.45) is 1.64.